The Balaban J connectivity index is 1.97. The Hall–Kier alpha value is -2.47. The summed E-state index contributed by atoms with van der Waals surface area (Å²) in [6.07, 6.45) is 0. The van der Waals surface area contributed by atoms with Crippen molar-refractivity contribution in [3.8, 4) is 0 Å². The van der Waals surface area contributed by atoms with Crippen molar-refractivity contribution < 1.29 is 14.3 Å². The van der Waals surface area contributed by atoms with Gasteiger partial charge in [-0.3, -0.25) is 10.2 Å². The maximum atomic E-state index is 12.9. The Labute approximate surface area is 154 Å². The van der Waals surface area contributed by atoms with E-state index in [1.165, 1.54) is 0 Å². The second-order valence-corrected chi connectivity index (χ2v) is 6.50. The van der Waals surface area contributed by atoms with E-state index in [-0.39, 0.29) is 18.1 Å². The van der Waals surface area contributed by atoms with Gasteiger partial charge < -0.3 is 4.74 Å². The number of benzene rings is 2. The molecule has 0 aliphatic carbocycles. The van der Waals surface area contributed by atoms with Crippen molar-refractivity contribution in [2.75, 3.05) is 6.61 Å². The minimum atomic E-state index is -0.650. The van der Waals surface area contributed by atoms with E-state index in [0.717, 1.165) is 10.0 Å². The van der Waals surface area contributed by atoms with Crippen LogP contribution in [0.15, 0.2) is 64.2 Å². The number of hydrogen-bond acceptors (Lipinski definition) is 5. The summed E-state index contributed by atoms with van der Waals surface area (Å²) in [7, 11) is 0. The van der Waals surface area contributed by atoms with Crippen LogP contribution >= 0.6 is 15.9 Å². The van der Waals surface area contributed by atoms with Crippen LogP contribution in [-0.2, 0) is 9.53 Å². The summed E-state index contributed by atoms with van der Waals surface area (Å²) < 4.78 is 6.02. The fourth-order valence-electron chi connectivity index (χ4n) is 2.83. The largest absolute Gasteiger partial charge is 0.461 e. The van der Waals surface area contributed by atoms with Gasteiger partial charge in [0.25, 0.3) is 0 Å². The molecular formula is C19H17BrN2O3. The van der Waals surface area contributed by atoms with Crippen LogP contribution in [-0.4, -0.2) is 30.1 Å². The predicted octanol–water partition coefficient (Wildman–Crippen LogP) is 3.31. The Kier molecular flexibility index (Phi) is 5.28. The van der Waals surface area contributed by atoms with Crippen molar-refractivity contribution in [2.45, 2.75) is 18.9 Å². The zero-order valence-electron chi connectivity index (χ0n) is 13.6. The van der Waals surface area contributed by atoms with Crippen molar-refractivity contribution in [1.29, 1.82) is 0 Å². The minimum Gasteiger partial charge on any atom is -0.461 e. The van der Waals surface area contributed by atoms with Gasteiger partial charge in [-0.2, -0.15) is 5.10 Å². The normalized spacial score (nSPS) is 19.0. The Morgan fingerprint density at radius 3 is 2.44 bits per heavy atom. The van der Waals surface area contributed by atoms with Crippen molar-refractivity contribution in [2.24, 2.45) is 5.10 Å². The van der Waals surface area contributed by atoms with Crippen LogP contribution in [0.4, 0.5) is 0 Å². The number of ether oxygens (including phenoxy) is 1. The van der Waals surface area contributed by atoms with Gasteiger partial charge >= 0.3 is 5.97 Å². The van der Waals surface area contributed by atoms with E-state index in [4.69, 9.17) is 4.74 Å². The van der Waals surface area contributed by atoms with E-state index >= 15 is 0 Å². The third-order valence-corrected chi connectivity index (χ3v) is 4.54. The first-order chi connectivity index (χ1) is 12.1. The standard InChI is InChI=1S/C19H17BrN2O3/c1-2-25-19(24)17-15(12-8-10-14(20)11-9-12)16(21-22-17)18(23)13-6-4-3-5-7-13/h3-11,15-16,21H,2H2,1H3/t15-,16-/m0/s1. The average molecular weight is 401 g/mol. The van der Waals surface area contributed by atoms with Crippen LogP contribution in [0.5, 0.6) is 0 Å². The van der Waals surface area contributed by atoms with Crippen LogP contribution in [0.25, 0.3) is 0 Å². The molecule has 2 aromatic rings. The highest BCUT2D eigenvalue weighted by Gasteiger charge is 2.41. The Morgan fingerprint density at radius 2 is 1.80 bits per heavy atom. The number of nitrogens with zero attached hydrogens (tertiary/aromatic N) is 1. The van der Waals surface area contributed by atoms with E-state index in [1.807, 2.05) is 42.5 Å². The zero-order valence-corrected chi connectivity index (χ0v) is 15.2. The molecule has 0 spiro atoms. The molecule has 2 atom stereocenters. The molecule has 0 saturated carbocycles. The van der Waals surface area contributed by atoms with E-state index in [9.17, 15) is 9.59 Å². The lowest BCUT2D eigenvalue weighted by atomic mass is 9.84. The predicted molar refractivity (Wildman–Crippen MR) is 98.6 cm³/mol. The van der Waals surface area contributed by atoms with Crippen molar-refractivity contribution >= 4 is 33.4 Å². The van der Waals surface area contributed by atoms with Crippen LogP contribution in [0, 0.1) is 0 Å². The zero-order chi connectivity index (χ0) is 17.8. The minimum absolute atomic E-state index is 0.114. The van der Waals surface area contributed by atoms with Gasteiger partial charge in [-0.15, -0.1) is 0 Å². The maximum Gasteiger partial charge on any atom is 0.355 e. The number of hydrogen-bond donors (Lipinski definition) is 1. The second-order valence-electron chi connectivity index (χ2n) is 5.58. The molecule has 0 unspecified atom stereocenters. The molecule has 2 aromatic carbocycles. The molecule has 25 heavy (non-hydrogen) atoms. The average Bonchev–Trinajstić information content (AvgIpc) is 3.08. The molecule has 0 saturated heterocycles. The number of carbonyl (C=O) groups excluding carboxylic acids is 2. The molecule has 0 aromatic heterocycles. The highest BCUT2D eigenvalue weighted by atomic mass is 79.9. The van der Waals surface area contributed by atoms with Crippen molar-refractivity contribution in [3.63, 3.8) is 0 Å². The molecule has 128 valence electrons. The molecule has 0 fully saturated rings. The lowest BCUT2D eigenvalue weighted by molar-refractivity contribution is -0.135. The summed E-state index contributed by atoms with van der Waals surface area (Å²) in [5, 5.41) is 4.12. The first kappa shape index (κ1) is 17.4. The molecule has 0 amide bonds. The number of carbonyl (C=O) groups is 2. The van der Waals surface area contributed by atoms with E-state index in [0.29, 0.717) is 5.56 Å². The van der Waals surface area contributed by atoms with Gasteiger partial charge in [0.05, 0.1) is 12.5 Å². The van der Waals surface area contributed by atoms with Gasteiger partial charge in [0.2, 0.25) is 0 Å². The Morgan fingerprint density at radius 1 is 1.12 bits per heavy atom. The number of rotatable bonds is 5. The maximum absolute atomic E-state index is 12.9. The molecular weight excluding hydrogens is 384 g/mol. The smallest absolute Gasteiger partial charge is 0.355 e. The van der Waals surface area contributed by atoms with Crippen LogP contribution in [0.1, 0.15) is 28.8 Å². The monoisotopic (exact) mass is 400 g/mol. The summed E-state index contributed by atoms with van der Waals surface area (Å²) in [6.45, 7) is 1.99. The van der Waals surface area contributed by atoms with Crippen LogP contribution < -0.4 is 5.43 Å². The molecule has 1 heterocycles. The summed E-state index contributed by atoms with van der Waals surface area (Å²) >= 11 is 3.40. The van der Waals surface area contributed by atoms with E-state index in [2.05, 4.69) is 26.5 Å². The van der Waals surface area contributed by atoms with Crippen molar-refractivity contribution in [1.82, 2.24) is 5.43 Å². The van der Waals surface area contributed by atoms with Gasteiger partial charge in [-0.1, -0.05) is 58.4 Å². The number of nitrogens with one attached hydrogen (secondary N) is 1. The number of hydrazone groups is 1. The molecule has 6 heteroatoms. The first-order valence-corrected chi connectivity index (χ1v) is 8.76. The number of Topliss-reactive ketones (excluding diaryl/α,β-unsaturated/α-hetero) is 1. The fraction of sp³-hybridized carbons (Fsp3) is 0.211. The molecule has 1 N–H and O–H groups in total. The highest BCUT2D eigenvalue weighted by Crippen LogP contribution is 2.29. The molecule has 0 radical (unpaired) electrons. The fourth-order valence-corrected chi connectivity index (χ4v) is 3.10. The SMILES string of the molecule is CCOC(=O)C1=NN[C@H](C(=O)c2ccccc2)[C@@H]1c1ccc(Br)cc1. The summed E-state index contributed by atoms with van der Waals surface area (Å²) in [5.41, 5.74) is 4.45. The number of ketones is 1. The van der Waals surface area contributed by atoms with Crippen molar-refractivity contribution in [3.05, 3.63) is 70.2 Å². The van der Waals surface area contributed by atoms with Crippen LogP contribution in [0.3, 0.4) is 0 Å². The summed E-state index contributed by atoms with van der Waals surface area (Å²) in [4.78, 5) is 25.2. The van der Waals surface area contributed by atoms with E-state index < -0.39 is 17.9 Å². The van der Waals surface area contributed by atoms with Gasteiger partial charge in [-0.05, 0) is 24.6 Å². The van der Waals surface area contributed by atoms with Crippen LogP contribution in [0.2, 0.25) is 0 Å². The molecule has 3 rings (SSSR count). The molecule has 1 aliphatic heterocycles. The van der Waals surface area contributed by atoms with Gasteiger partial charge in [-0.25, -0.2) is 4.79 Å². The number of esters is 1. The molecule has 5 nitrogen and oxygen atoms in total. The third kappa shape index (κ3) is 3.64. The Bertz CT molecular complexity index is 803. The molecule has 0 bridgehead atoms. The summed E-state index contributed by atoms with van der Waals surface area (Å²) in [5.74, 6) is -1.12. The first-order valence-electron chi connectivity index (χ1n) is 7.96. The third-order valence-electron chi connectivity index (χ3n) is 4.01. The lowest BCUT2D eigenvalue weighted by Crippen LogP contribution is -2.37. The van der Waals surface area contributed by atoms with Gasteiger partial charge in [0.15, 0.2) is 11.5 Å². The van der Waals surface area contributed by atoms with E-state index in [1.54, 1.807) is 19.1 Å². The molecule has 1 aliphatic rings. The highest BCUT2D eigenvalue weighted by molar-refractivity contribution is 9.10. The quantitative estimate of drug-likeness (QED) is 0.617. The topological polar surface area (TPSA) is 67.8 Å². The summed E-state index contributed by atoms with van der Waals surface area (Å²) in [6, 6.07) is 15.8. The number of halogens is 1. The lowest BCUT2D eigenvalue weighted by Gasteiger charge is -2.20. The second kappa shape index (κ2) is 7.61. The van der Waals surface area contributed by atoms with Gasteiger partial charge in [0.1, 0.15) is 6.04 Å². The van der Waals surface area contributed by atoms with Gasteiger partial charge in [0, 0.05) is 10.0 Å².